The van der Waals surface area contributed by atoms with Gasteiger partial charge in [-0.1, -0.05) is 11.6 Å². The Morgan fingerprint density at radius 3 is 2.29 bits per heavy atom. The number of piperidine rings is 1. The van der Waals surface area contributed by atoms with Crippen molar-refractivity contribution in [3.8, 4) is 0 Å². The molecule has 1 aromatic rings. The number of halogens is 5. The van der Waals surface area contributed by atoms with Crippen molar-refractivity contribution in [2.75, 3.05) is 13.1 Å². The second kappa shape index (κ2) is 7.78. The summed E-state index contributed by atoms with van der Waals surface area (Å²) in [7, 11) is -4.06. The van der Waals surface area contributed by atoms with Crippen LogP contribution in [0.15, 0.2) is 23.1 Å². The Labute approximate surface area is 150 Å². The van der Waals surface area contributed by atoms with Gasteiger partial charge in [-0.25, -0.2) is 8.42 Å². The van der Waals surface area contributed by atoms with Crippen LogP contribution in [0.3, 0.4) is 0 Å². The first-order valence-electron chi connectivity index (χ1n) is 7.16. The summed E-state index contributed by atoms with van der Waals surface area (Å²) in [4.78, 5) is -0.506. The fourth-order valence-corrected chi connectivity index (χ4v) is 4.63. The highest BCUT2D eigenvalue weighted by atomic mass is 35.5. The van der Waals surface area contributed by atoms with Crippen molar-refractivity contribution in [1.29, 1.82) is 0 Å². The maximum atomic E-state index is 12.8. The number of hydrogen-bond acceptors (Lipinski definition) is 3. The van der Waals surface area contributed by atoms with E-state index in [1.807, 2.05) is 6.92 Å². The summed E-state index contributed by atoms with van der Waals surface area (Å²) in [5, 5.41) is -0.215. The molecule has 1 fully saturated rings. The fourth-order valence-electron chi connectivity index (χ4n) is 2.66. The lowest BCUT2D eigenvalue weighted by atomic mass is 9.92. The molecule has 24 heavy (non-hydrogen) atoms. The Kier molecular flexibility index (Phi) is 6.97. The number of hydrogen-bond donors (Lipinski definition) is 1. The first kappa shape index (κ1) is 21.5. The Morgan fingerprint density at radius 1 is 1.29 bits per heavy atom. The van der Waals surface area contributed by atoms with Crippen molar-refractivity contribution in [1.82, 2.24) is 4.31 Å². The number of nitrogens with two attached hydrogens (primary N) is 1. The number of rotatable bonds is 3. The zero-order valence-corrected chi connectivity index (χ0v) is 15.3. The summed E-state index contributed by atoms with van der Waals surface area (Å²) in [6, 6.07) is 2.28. The van der Waals surface area contributed by atoms with Crippen LogP contribution in [0, 0.1) is 5.92 Å². The molecular weight excluding hydrogens is 388 g/mol. The van der Waals surface area contributed by atoms with Crippen LogP contribution in [0.1, 0.15) is 25.3 Å². The average Bonchev–Trinajstić information content (AvgIpc) is 2.46. The Balaban J connectivity index is 0.00000288. The number of benzene rings is 1. The third kappa shape index (κ3) is 4.54. The van der Waals surface area contributed by atoms with Gasteiger partial charge in [-0.2, -0.15) is 17.5 Å². The lowest BCUT2D eigenvalue weighted by Gasteiger charge is -2.33. The van der Waals surface area contributed by atoms with Gasteiger partial charge >= 0.3 is 6.18 Å². The first-order valence-corrected chi connectivity index (χ1v) is 8.97. The van der Waals surface area contributed by atoms with E-state index in [9.17, 15) is 21.6 Å². The maximum Gasteiger partial charge on any atom is 0.416 e. The molecule has 0 amide bonds. The van der Waals surface area contributed by atoms with Crippen LogP contribution in [0.25, 0.3) is 0 Å². The van der Waals surface area contributed by atoms with Crippen molar-refractivity contribution in [2.45, 2.75) is 36.9 Å². The summed E-state index contributed by atoms with van der Waals surface area (Å²) >= 11 is 5.84. The van der Waals surface area contributed by atoms with Crippen molar-refractivity contribution >= 4 is 34.0 Å². The normalized spacial score (nSPS) is 18.9. The highest BCUT2D eigenvalue weighted by Crippen LogP contribution is 2.35. The molecule has 0 aliphatic carbocycles. The molecule has 1 aliphatic heterocycles. The van der Waals surface area contributed by atoms with E-state index < -0.39 is 26.7 Å². The van der Waals surface area contributed by atoms with Crippen LogP contribution >= 0.6 is 24.0 Å². The smallest absolute Gasteiger partial charge is 0.328 e. The molecule has 1 atom stereocenters. The third-order valence-electron chi connectivity index (χ3n) is 4.12. The van der Waals surface area contributed by atoms with Gasteiger partial charge < -0.3 is 5.73 Å². The Morgan fingerprint density at radius 2 is 1.83 bits per heavy atom. The quantitative estimate of drug-likeness (QED) is 0.834. The zero-order valence-electron chi connectivity index (χ0n) is 12.9. The van der Waals surface area contributed by atoms with E-state index in [0.717, 1.165) is 12.1 Å². The molecule has 2 rings (SSSR count). The van der Waals surface area contributed by atoms with E-state index in [1.165, 1.54) is 4.31 Å². The van der Waals surface area contributed by atoms with Crippen LogP contribution in [0.4, 0.5) is 13.2 Å². The predicted octanol–water partition coefficient (Wildman–Crippen LogP) is 3.53. The largest absolute Gasteiger partial charge is 0.416 e. The molecule has 1 aromatic carbocycles. The van der Waals surface area contributed by atoms with E-state index in [4.69, 9.17) is 17.3 Å². The standard InChI is InChI=1S/C14H18ClF3N2O2S.ClH/c1-9(19)10-4-6-20(7-5-10)23(21,22)13-8-11(14(16,17)18)2-3-12(13)15;/h2-3,8-10H,4-7,19H2,1H3;1H. The van der Waals surface area contributed by atoms with E-state index in [1.54, 1.807) is 0 Å². The topological polar surface area (TPSA) is 63.4 Å². The average molecular weight is 407 g/mol. The highest BCUT2D eigenvalue weighted by molar-refractivity contribution is 7.89. The minimum absolute atomic E-state index is 0. The first-order chi connectivity index (χ1) is 10.5. The van der Waals surface area contributed by atoms with Crippen LogP contribution in [0.2, 0.25) is 5.02 Å². The molecule has 10 heteroatoms. The van der Waals surface area contributed by atoms with Gasteiger partial charge in [-0.15, -0.1) is 12.4 Å². The number of nitrogens with zero attached hydrogens (tertiary/aromatic N) is 1. The highest BCUT2D eigenvalue weighted by Gasteiger charge is 2.35. The van der Waals surface area contributed by atoms with Gasteiger partial charge in [0.15, 0.2) is 0 Å². The van der Waals surface area contributed by atoms with Gasteiger partial charge in [-0.05, 0) is 43.9 Å². The van der Waals surface area contributed by atoms with E-state index in [0.29, 0.717) is 18.9 Å². The van der Waals surface area contributed by atoms with Crippen molar-refractivity contribution < 1.29 is 21.6 Å². The van der Waals surface area contributed by atoms with Gasteiger partial charge in [0.05, 0.1) is 10.6 Å². The van der Waals surface area contributed by atoms with Gasteiger partial charge in [0.2, 0.25) is 10.0 Å². The summed E-state index contributed by atoms with van der Waals surface area (Å²) in [5.74, 6) is 0.207. The minimum atomic E-state index is -4.63. The van der Waals surface area contributed by atoms with Crippen molar-refractivity contribution in [3.63, 3.8) is 0 Å². The van der Waals surface area contributed by atoms with Crippen LogP contribution in [-0.2, 0) is 16.2 Å². The fraction of sp³-hybridized carbons (Fsp3) is 0.571. The third-order valence-corrected chi connectivity index (χ3v) is 6.50. The molecule has 4 nitrogen and oxygen atoms in total. The molecule has 0 bridgehead atoms. The molecule has 1 heterocycles. The molecule has 1 aliphatic rings. The predicted molar refractivity (Wildman–Crippen MR) is 88.8 cm³/mol. The molecule has 0 saturated carbocycles. The van der Waals surface area contributed by atoms with Crippen molar-refractivity contribution in [3.05, 3.63) is 28.8 Å². The monoisotopic (exact) mass is 406 g/mol. The van der Waals surface area contributed by atoms with E-state index in [-0.39, 0.29) is 42.5 Å². The maximum absolute atomic E-state index is 12.8. The molecule has 2 N–H and O–H groups in total. The summed E-state index contributed by atoms with van der Waals surface area (Å²) in [5.41, 5.74) is 4.77. The van der Waals surface area contributed by atoms with E-state index in [2.05, 4.69) is 0 Å². The second-order valence-electron chi connectivity index (χ2n) is 5.74. The van der Waals surface area contributed by atoms with Crippen LogP contribution in [-0.4, -0.2) is 31.9 Å². The molecule has 1 saturated heterocycles. The minimum Gasteiger partial charge on any atom is -0.328 e. The van der Waals surface area contributed by atoms with Crippen molar-refractivity contribution in [2.24, 2.45) is 11.7 Å². The van der Waals surface area contributed by atoms with Crippen LogP contribution in [0.5, 0.6) is 0 Å². The summed E-state index contributed by atoms with van der Waals surface area (Å²) in [6.07, 6.45) is -3.47. The van der Waals surface area contributed by atoms with Gasteiger partial charge in [-0.3, -0.25) is 0 Å². The number of sulfonamides is 1. The van der Waals surface area contributed by atoms with Gasteiger partial charge in [0, 0.05) is 19.1 Å². The molecular formula is C14H19Cl2F3N2O2S. The lowest BCUT2D eigenvalue weighted by Crippen LogP contribution is -2.42. The lowest BCUT2D eigenvalue weighted by molar-refractivity contribution is -0.137. The Hall–Kier alpha value is -0.540. The summed E-state index contributed by atoms with van der Waals surface area (Å²) in [6.45, 7) is 2.31. The molecule has 138 valence electrons. The second-order valence-corrected chi connectivity index (χ2v) is 8.06. The zero-order chi connectivity index (χ0) is 17.4. The SMILES string of the molecule is CC(N)C1CCN(S(=O)(=O)c2cc(C(F)(F)F)ccc2Cl)CC1.Cl. The van der Waals surface area contributed by atoms with Crippen LogP contribution < -0.4 is 5.73 Å². The molecule has 0 aromatic heterocycles. The summed E-state index contributed by atoms with van der Waals surface area (Å²) < 4.78 is 64.8. The number of alkyl halides is 3. The molecule has 1 unspecified atom stereocenters. The van der Waals surface area contributed by atoms with Gasteiger partial charge in [0.25, 0.3) is 0 Å². The molecule has 0 spiro atoms. The van der Waals surface area contributed by atoms with E-state index >= 15 is 0 Å². The molecule has 0 radical (unpaired) electrons. The van der Waals surface area contributed by atoms with Gasteiger partial charge in [0.1, 0.15) is 4.90 Å². The Bertz CT molecular complexity index is 673.